The highest BCUT2D eigenvalue weighted by molar-refractivity contribution is 5.90. The molecule has 0 spiro atoms. The Hall–Kier alpha value is -2.32. The van der Waals surface area contributed by atoms with Crippen LogP contribution in [0.15, 0.2) is 24.3 Å². The van der Waals surface area contributed by atoms with Gasteiger partial charge in [-0.15, -0.1) is 0 Å². The number of rotatable bonds is 4. The van der Waals surface area contributed by atoms with Crippen molar-refractivity contribution in [3.8, 4) is 5.75 Å². The van der Waals surface area contributed by atoms with E-state index in [0.717, 1.165) is 25.9 Å². The maximum atomic E-state index is 13.7. The van der Waals surface area contributed by atoms with Gasteiger partial charge in [0.25, 0.3) is 0 Å². The third kappa shape index (κ3) is 4.36. The molecular formula is C23H34N4O4. The van der Waals surface area contributed by atoms with E-state index in [-0.39, 0.29) is 18.0 Å². The lowest BCUT2D eigenvalue weighted by molar-refractivity contribution is -0.148. The Kier molecular flexibility index (Phi) is 6.67. The number of urea groups is 1. The van der Waals surface area contributed by atoms with E-state index in [1.54, 1.807) is 7.11 Å². The van der Waals surface area contributed by atoms with Crippen LogP contribution in [0.1, 0.15) is 26.2 Å². The fourth-order valence-electron chi connectivity index (χ4n) is 5.41. The van der Waals surface area contributed by atoms with Crippen LogP contribution in [0.3, 0.4) is 0 Å². The zero-order valence-electron chi connectivity index (χ0n) is 18.6. The third-order valence-corrected chi connectivity index (χ3v) is 7.16. The standard InChI is InChI=1S/C23H34N4O4/c1-3-25-11-8-23(21(28)26-13-15-31-16-14-26)9-12-27(10-7-20(23)25)22(29)24-18-5-4-6-19(17-18)30-2/h4-6,17,20H,3,7-16H2,1-2H3,(H,24,29)/t20-,23-/m1/s1. The first kappa shape index (κ1) is 21.9. The summed E-state index contributed by atoms with van der Waals surface area (Å²) in [7, 11) is 1.61. The summed E-state index contributed by atoms with van der Waals surface area (Å²) >= 11 is 0. The van der Waals surface area contributed by atoms with Crippen LogP contribution in [0.25, 0.3) is 0 Å². The van der Waals surface area contributed by atoms with Crippen LogP contribution >= 0.6 is 0 Å². The molecule has 8 nitrogen and oxygen atoms in total. The largest absolute Gasteiger partial charge is 0.497 e. The van der Waals surface area contributed by atoms with Crippen LogP contribution in [0.4, 0.5) is 10.5 Å². The predicted molar refractivity (Wildman–Crippen MR) is 118 cm³/mol. The quantitative estimate of drug-likeness (QED) is 0.793. The number of amides is 3. The summed E-state index contributed by atoms with van der Waals surface area (Å²) in [6, 6.07) is 7.44. The molecule has 3 saturated heterocycles. The Morgan fingerprint density at radius 1 is 1.13 bits per heavy atom. The summed E-state index contributed by atoms with van der Waals surface area (Å²) in [5.41, 5.74) is 0.307. The second-order valence-electron chi connectivity index (χ2n) is 8.64. The first-order valence-electron chi connectivity index (χ1n) is 11.4. The van der Waals surface area contributed by atoms with Gasteiger partial charge < -0.3 is 24.6 Å². The molecule has 0 unspecified atom stereocenters. The summed E-state index contributed by atoms with van der Waals surface area (Å²) < 4.78 is 10.7. The molecule has 0 bridgehead atoms. The molecule has 4 rings (SSSR count). The Bertz CT molecular complexity index is 798. The highest BCUT2D eigenvalue weighted by Gasteiger charge is 2.54. The lowest BCUT2D eigenvalue weighted by atomic mass is 9.75. The molecule has 3 fully saturated rings. The van der Waals surface area contributed by atoms with Gasteiger partial charge in [-0.25, -0.2) is 4.79 Å². The summed E-state index contributed by atoms with van der Waals surface area (Å²) in [6.07, 6.45) is 2.39. The number of fused-ring (bicyclic) bond motifs is 1. The molecule has 0 radical (unpaired) electrons. The first-order valence-corrected chi connectivity index (χ1v) is 11.4. The summed E-state index contributed by atoms with van der Waals surface area (Å²) in [4.78, 5) is 33.0. The molecule has 2 atom stereocenters. The molecule has 1 aromatic rings. The number of ether oxygens (including phenoxy) is 2. The van der Waals surface area contributed by atoms with Gasteiger partial charge in [0.15, 0.2) is 0 Å². The lowest BCUT2D eigenvalue weighted by Gasteiger charge is -2.40. The molecule has 0 aliphatic carbocycles. The zero-order chi connectivity index (χ0) is 21.8. The average Bonchev–Trinajstić information content (AvgIpc) is 3.06. The average molecular weight is 431 g/mol. The number of anilines is 1. The molecule has 3 heterocycles. The zero-order valence-corrected chi connectivity index (χ0v) is 18.6. The number of nitrogens with zero attached hydrogens (tertiary/aromatic N) is 3. The minimum absolute atomic E-state index is 0.120. The van der Waals surface area contributed by atoms with Crippen LogP contribution in [0.5, 0.6) is 5.75 Å². The Morgan fingerprint density at radius 2 is 1.90 bits per heavy atom. The van der Waals surface area contributed by atoms with Gasteiger partial charge in [-0.2, -0.15) is 0 Å². The number of hydrogen-bond donors (Lipinski definition) is 1. The normalized spacial score (nSPS) is 26.8. The van der Waals surface area contributed by atoms with Gasteiger partial charge >= 0.3 is 6.03 Å². The molecule has 1 N–H and O–H groups in total. The van der Waals surface area contributed by atoms with Crippen LogP contribution in [-0.2, 0) is 9.53 Å². The summed E-state index contributed by atoms with van der Waals surface area (Å²) in [5.74, 6) is 0.962. The van der Waals surface area contributed by atoms with Crippen molar-refractivity contribution in [3.05, 3.63) is 24.3 Å². The van der Waals surface area contributed by atoms with Crippen molar-refractivity contribution in [2.75, 3.05) is 64.9 Å². The van der Waals surface area contributed by atoms with Crippen LogP contribution in [0.2, 0.25) is 0 Å². The maximum Gasteiger partial charge on any atom is 0.321 e. The van der Waals surface area contributed by atoms with Gasteiger partial charge in [0.05, 0.1) is 25.7 Å². The lowest BCUT2D eigenvalue weighted by Crippen LogP contribution is -2.53. The Morgan fingerprint density at radius 3 is 2.65 bits per heavy atom. The number of methoxy groups -OCH3 is 1. The summed E-state index contributed by atoms with van der Waals surface area (Å²) in [6.45, 7) is 7.82. The molecule has 31 heavy (non-hydrogen) atoms. The fourth-order valence-corrected chi connectivity index (χ4v) is 5.41. The van der Waals surface area contributed by atoms with Gasteiger partial charge in [0, 0.05) is 44.0 Å². The topological polar surface area (TPSA) is 74.4 Å². The molecule has 0 saturated carbocycles. The SMILES string of the molecule is CCN1CC[C@@]2(C(=O)N3CCOCC3)CCN(C(=O)Nc3cccc(OC)c3)CC[C@@H]12. The number of carbonyl (C=O) groups excluding carboxylic acids is 2. The van der Waals surface area contributed by atoms with Crippen molar-refractivity contribution in [3.63, 3.8) is 0 Å². The second-order valence-corrected chi connectivity index (χ2v) is 8.64. The number of benzene rings is 1. The minimum Gasteiger partial charge on any atom is -0.497 e. The molecule has 1 aromatic carbocycles. The first-order chi connectivity index (χ1) is 15.1. The smallest absolute Gasteiger partial charge is 0.321 e. The third-order valence-electron chi connectivity index (χ3n) is 7.16. The van der Waals surface area contributed by atoms with Crippen LogP contribution < -0.4 is 10.1 Å². The van der Waals surface area contributed by atoms with Crippen molar-refractivity contribution in [1.82, 2.24) is 14.7 Å². The van der Waals surface area contributed by atoms with Gasteiger partial charge in [-0.05, 0) is 44.5 Å². The van der Waals surface area contributed by atoms with E-state index in [1.807, 2.05) is 34.1 Å². The second kappa shape index (κ2) is 9.44. The highest BCUT2D eigenvalue weighted by Crippen LogP contribution is 2.45. The van der Waals surface area contributed by atoms with E-state index < -0.39 is 5.41 Å². The Balaban J connectivity index is 1.49. The van der Waals surface area contributed by atoms with Crippen LogP contribution in [-0.4, -0.2) is 92.3 Å². The van der Waals surface area contributed by atoms with Crippen LogP contribution in [0, 0.1) is 5.41 Å². The van der Waals surface area contributed by atoms with Gasteiger partial charge in [-0.1, -0.05) is 13.0 Å². The fraction of sp³-hybridized carbons (Fsp3) is 0.652. The number of carbonyl (C=O) groups is 2. The van der Waals surface area contributed by atoms with Crippen molar-refractivity contribution >= 4 is 17.6 Å². The Labute approximate surface area is 184 Å². The summed E-state index contributed by atoms with van der Waals surface area (Å²) in [5, 5.41) is 2.99. The van der Waals surface area contributed by atoms with Gasteiger partial charge in [0.1, 0.15) is 5.75 Å². The van der Waals surface area contributed by atoms with E-state index in [4.69, 9.17) is 9.47 Å². The van der Waals surface area contributed by atoms with Gasteiger partial charge in [-0.3, -0.25) is 9.69 Å². The van der Waals surface area contributed by atoms with E-state index in [2.05, 4.69) is 17.1 Å². The molecule has 170 valence electrons. The van der Waals surface area contributed by atoms with Gasteiger partial charge in [0.2, 0.25) is 5.91 Å². The van der Waals surface area contributed by atoms with E-state index in [1.165, 1.54) is 0 Å². The number of hydrogen-bond acceptors (Lipinski definition) is 5. The van der Waals surface area contributed by atoms with Crippen molar-refractivity contribution in [2.24, 2.45) is 5.41 Å². The molecular weight excluding hydrogens is 396 g/mol. The number of likely N-dealkylation sites (tertiary alicyclic amines) is 2. The van der Waals surface area contributed by atoms with E-state index in [9.17, 15) is 9.59 Å². The number of morpholine rings is 1. The van der Waals surface area contributed by atoms with E-state index >= 15 is 0 Å². The number of nitrogens with one attached hydrogen (secondary N) is 1. The van der Waals surface area contributed by atoms with Crippen molar-refractivity contribution in [2.45, 2.75) is 32.2 Å². The monoisotopic (exact) mass is 430 g/mol. The molecule has 8 heteroatoms. The highest BCUT2D eigenvalue weighted by atomic mass is 16.5. The molecule has 3 amide bonds. The molecule has 3 aliphatic heterocycles. The van der Waals surface area contributed by atoms with Crippen molar-refractivity contribution in [1.29, 1.82) is 0 Å². The van der Waals surface area contributed by atoms with E-state index in [0.29, 0.717) is 57.3 Å². The maximum absolute atomic E-state index is 13.7. The molecule has 0 aromatic heterocycles. The van der Waals surface area contributed by atoms with Crippen molar-refractivity contribution < 1.29 is 19.1 Å². The minimum atomic E-state index is -0.404. The molecule has 3 aliphatic rings. The predicted octanol–water partition coefficient (Wildman–Crippen LogP) is 2.26.